The summed E-state index contributed by atoms with van der Waals surface area (Å²) < 4.78 is 32.2. The molecule has 0 aliphatic carbocycles. The van der Waals surface area contributed by atoms with Crippen LogP contribution in [0.4, 0.5) is 9.52 Å². The molecule has 0 aliphatic heterocycles. The van der Waals surface area contributed by atoms with Crippen LogP contribution in [0, 0.1) is 5.82 Å². The molecular weight excluding hydrogens is 594 g/mol. The Hall–Kier alpha value is -2.86. The number of nitrogens with one attached hydrogen (secondary N) is 1. The zero-order valence-corrected chi connectivity index (χ0v) is 25.2. The minimum absolute atomic E-state index is 0.0387. The minimum Gasteiger partial charge on any atom is -0.478 e. The van der Waals surface area contributed by atoms with Crippen molar-refractivity contribution < 1.29 is 33.3 Å². The molecule has 0 saturated carbocycles. The number of aromatic nitrogens is 1. The van der Waals surface area contributed by atoms with Crippen LogP contribution >= 0.6 is 34.5 Å². The topological polar surface area (TPSA) is 107 Å². The maximum atomic E-state index is 15.6. The number of halogens is 3. The highest BCUT2D eigenvalue weighted by Gasteiger charge is 2.20. The van der Waals surface area contributed by atoms with E-state index in [9.17, 15) is 9.59 Å². The Balaban J connectivity index is 1.70. The molecular formula is C29H31Cl2FN2O6S. The van der Waals surface area contributed by atoms with E-state index in [1.165, 1.54) is 25.1 Å². The molecule has 1 unspecified atom stereocenters. The lowest BCUT2D eigenvalue weighted by molar-refractivity contribution is -0.132. The summed E-state index contributed by atoms with van der Waals surface area (Å²) in [5.41, 5.74) is 1.54. The van der Waals surface area contributed by atoms with Gasteiger partial charge in [-0.05, 0) is 44.5 Å². The summed E-state index contributed by atoms with van der Waals surface area (Å²) in [7, 11) is 0. The number of benzene rings is 2. The summed E-state index contributed by atoms with van der Waals surface area (Å²) in [5, 5.41) is 13.9. The largest absolute Gasteiger partial charge is 0.478 e. The Morgan fingerprint density at radius 3 is 2.46 bits per heavy atom. The highest BCUT2D eigenvalue weighted by atomic mass is 35.5. The molecule has 1 aromatic heterocycles. The van der Waals surface area contributed by atoms with Gasteiger partial charge >= 0.3 is 5.97 Å². The van der Waals surface area contributed by atoms with Gasteiger partial charge in [-0.2, -0.15) is 0 Å². The average Bonchev–Trinajstić information content (AvgIpc) is 3.40. The smallest absolute Gasteiger partial charge is 0.331 e. The highest BCUT2D eigenvalue weighted by molar-refractivity contribution is 7.14. The number of anilines is 1. The van der Waals surface area contributed by atoms with Crippen molar-refractivity contribution in [1.82, 2.24) is 4.98 Å². The molecule has 0 fully saturated rings. The van der Waals surface area contributed by atoms with Crippen molar-refractivity contribution in [3.8, 4) is 11.3 Å². The van der Waals surface area contributed by atoms with Gasteiger partial charge in [0.25, 0.3) is 5.91 Å². The van der Waals surface area contributed by atoms with Gasteiger partial charge in [-0.1, -0.05) is 42.3 Å². The second-order valence-corrected chi connectivity index (χ2v) is 10.4. The Kier molecular flexibility index (Phi) is 12.7. The maximum absolute atomic E-state index is 15.6. The van der Waals surface area contributed by atoms with E-state index in [-0.39, 0.29) is 31.9 Å². The van der Waals surface area contributed by atoms with Crippen LogP contribution in [-0.2, 0) is 19.0 Å². The standard InChI is InChI=1S/C29H31Cl2FN2O6S/c1-4-25(40-12-11-39-10-9-38-5-2)20-8-6-7-19(26(20)32)24-16-41-29(33-24)34-27(35)18-14-22(30)21(23(31)15-18)13-17(3)28(36)37/h6-8,13-16,25H,4-5,9-12H2,1-3H3,(H,36,37)(H,33,34,35)/b17-13+. The van der Waals surface area contributed by atoms with Crippen molar-refractivity contribution in [3.05, 3.63) is 73.8 Å². The third kappa shape index (κ3) is 9.06. The van der Waals surface area contributed by atoms with Gasteiger partial charge in [-0.25, -0.2) is 14.2 Å². The Bertz CT molecular complexity index is 1370. The summed E-state index contributed by atoms with van der Waals surface area (Å²) in [6.45, 7) is 7.54. The van der Waals surface area contributed by atoms with Crippen LogP contribution in [0.1, 0.15) is 54.8 Å². The lowest BCUT2D eigenvalue weighted by Crippen LogP contribution is -2.13. The van der Waals surface area contributed by atoms with E-state index in [0.717, 1.165) is 11.3 Å². The first-order valence-electron chi connectivity index (χ1n) is 12.9. The number of carboxylic acid groups (broad SMARTS) is 1. The number of amides is 1. The van der Waals surface area contributed by atoms with E-state index in [4.69, 9.17) is 42.5 Å². The molecule has 0 bridgehead atoms. The first-order chi connectivity index (χ1) is 19.7. The molecule has 1 amide bonds. The number of carboxylic acids is 1. The first-order valence-corrected chi connectivity index (χ1v) is 14.5. The van der Waals surface area contributed by atoms with Gasteiger partial charge in [0.15, 0.2) is 5.13 Å². The summed E-state index contributed by atoms with van der Waals surface area (Å²) in [5.74, 6) is -2.09. The summed E-state index contributed by atoms with van der Waals surface area (Å²) in [6, 6.07) is 7.81. The van der Waals surface area contributed by atoms with Crippen LogP contribution in [0.3, 0.4) is 0 Å². The second-order valence-electron chi connectivity index (χ2n) is 8.76. The van der Waals surface area contributed by atoms with Crippen LogP contribution in [-0.4, -0.2) is 55.0 Å². The SMILES string of the molecule is CCOCCOCCOC(CC)c1cccc(-c2csc(NC(=O)c3cc(Cl)c(/C=C(\C)C(=O)O)c(Cl)c3)n2)c1F. The van der Waals surface area contributed by atoms with Crippen molar-refractivity contribution in [1.29, 1.82) is 0 Å². The molecule has 0 aliphatic rings. The van der Waals surface area contributed by atoms with Gasteiger partial charge < -0.3 is 19.3 Å². The molecule has 1 atom stereocenters. The number of nitrogens with zero attached hydrogens (tertiary/aromatic N) is 1. The number of carbonyl (C=O) groups excluding carboxylic acids is 1. The predicted molar refractivity (Wildman–Crippen MR) is 160 cm³/mol. The zero-order valence-electron chi connectivity index (χ0n) is 22.8. The number of ether oxygens (including phenoxy) is 3. The van der Waals surface area contributed by atoms with Gasteiger partial charge in [0, 0.05) is 39.8 Å². The Morgan fingerprint density at radius 1 is 1.12 bits per heavy atom. The number of hydrogen-bond acceptors (Lipinski definition) is 7. The summed E-state index contributed by atoms with van der Waals surface area (Å²) in [6.07, 6.45) is 1.43. The molecule has 2 N–H and O–H groups in total. The minimum atomic E-state index is -1.11. The highest BCUT2D eigenvalue weighted by Crippen LogP contribution is 2.33. The number of rotatable bonds is 15. The maximum Gasteiger partial charge on any atom is 0.331 e. The molecule has 12 heteroatoms. The van der Waals surface area contributed by atoms with Gasteiger partial charge in [0.05, 0.1) is 48.3 Å². The van der Waals surface area contributed by atoms with E-state index in [0.29, 0.717) is 56.3 Å². The van der Waals surface area contributed by atoms with Crippen molar-refractivity contribution in [3.63, 3.8) is 0 Å². The second kappa shape index (κ2) is 16.0. The van der Waals surface area contributed by atoms with Crippen LogP contribution < -0.4 is 5.32 Å². The number of carbonyl (C=O) groups is 2. The number of thiazole rings is 1. The molecule has 41 heavy (non-hydrogen) atoms. The van der Waals surface area contributed by atoms with Crippen LogP contribution in [0.25, 0.3) is 17.3 Å². The molecule has 0 spiro atoms. The van der Waals surface area contributed by atoms with Gasteiger partial charge in [0.1, 0.15) is 5.82 Å². The third-order valence-corrected chi connectivity index (χ3v) is 7.29. The summed E-state index contributed by atoms with van der Waals surface area (Å²) in [4.78, 5) is 28.4. The number of aliphatic carboxylic acids is 1. The Labute approximate surface area is 252 Å². The molecule has 8 nitrogen and oxygen atoms in total. The molecule has 2 aromatic carbocycles. The van der Waals surface area contributed by atoms with Crippen molar-refractivity contribution in [2.75, 3.05) is 38.4 Å². The van der Waals surface area contributed by atoms with Crippen LogP contribution in [0.5, 0.6) is 0 Å². The van der Waals surface area contributed by atoms with E-state index in [1.54, 1.807) is 23.6 Å². The monoisotopic (exact) mass is 624 g/mol. The van der Waals surface area contributed by atoms with Crippen molar-refractivity contribution in [2.45, 2.75) is 33.3 Å². The molecule has 3 rings (SSSR count). The lowest BCUT2D eigenvalue weighted by Gasteiger charge is -2.18. The number of hydrogen-bond donors (Lipinski definition) is 2. The van der Waals surface area contributed by atoms with E-state index >= 15 is 4.39 Å². The van der Waals surface area contributed by atoms with Crippen molar-refractivity contribution in [2.24, 2.45) is 0 Å². The predicted octanol–water partition coefficient (Wildman–Crippen LogP) is 7.52. The average molecular weight is 626 g/mol. The molecule has 0 radical (unpaired) electrons. The van der Waals surface area contributed by atoms with Gasteiger partial charge in [-0.15, -0.1) is 11.3 Å². The third-order valence-electron chi connectivity index (χ3n) is 5.91. The van der Waals surface area contributed by atoms with Crippen LogP contribution in [0.2, 0.25) is 10.0 Å². The van der Waals surface area contributed by atoms with Gasteiger partial charge in [-0.3, -0.25) is 10.1 Å². The van der Waals surface area contributed by atoms with Crippen molar-refractivity contribution >= 4 is 57.6 Å². The zero-order chi connectivity index (χ0) is 29.9. The Morgan fingerprint density at radius 2 is 1.80 bits per heavy atom. The first kappa shape index (κ1) is 32.7. The lowest BCUT2D eigenvalue weighted by atomic mass is 10.0. The van der Waals surface area contributed by atoms with E-state index < -0.39 is 23.8 Å². The normalized spacial score (nSPS) is 12.4. The van der Waals surface area contributed by atoms with Gasteiger partial charge in [0.2, 0.25) is 0 Å². The fourth-order valence-corrected chi connectivity index (χ4v) is 5.09. The molecule has 220 valence electrons. The molecule has 0 saturated heterocycles. The van der Waals surface area contributed by atoms with E-state index in [2.05, 4.69) is 10.3 Å². The molecule has 1 heterocycles. The molecule has 3 aromatic rings. The van der Waals surface area contributed by atoms with E-state index in [1.807, 2.05) is 13.8 Å². The summed E-state index contributed by atoms with van der Waals surface area (Å²) >= 11 is 13.7. The fourth-order valence-electron chi connectivity index (χ4n) is 3.79. The fraction of sp³-hybridized carbons (Fsp3) is 0.345. The quantitative estimate of drug-likeness (QED) is 0.133. The van der Waals surface area contributed by atoms with Crippen LogP contribution in [0.15, 0.2) is 41.3 Å².